The van der Waals surface area contributed by atoms with E-state index in [1.54, 1.807) is 0 Å². The van der Waals surface area contributed by atoms with Crippen molar-refractivity contribution in [3.8, 4) is 0 Å². The van der Waals surface area contributed by atoms with Crippen LogP contribution in [0.5, 0.6) is 0 Å². The molecule has 2 nitrogen and oxygen atoms in total. The third-order valence-corrected chi connectivity index (χ3v) is 2.28. The van der Waals surface area contributed by atoms with Crippen molar-refractivity contribution < 1.29 is 9.84 Å². The second-order valence-corrected chi connectivity index (χ2v) is 3.57. The molecule has 66 valence electrons. The first-order valence-corrected chi connectivity index (χ1v) is 4.52. The van der Waals surface area contributed by atoms with Gasteiger partial charge in [0.1, 0.15) is 0 Å². The zero-order valence-corrected chi connectivity index (χ0v) is 7.42. The molecule has 1 N–H and O–H groups in total. The summed E-state index contributed by atoms with van der Waals surface area (Å²) in [7, 11) is 0. The van der Waals surface area contributed by atoms with Gasteiger partial charge in [0.15, 0.2) is 0 Å². The Hall–Kier alpha value is -0.0800. The molecule has 0 bridgehead atoms. The van der Waals surface area contributed by atoms with Crippen LogP contribution in [-0.4, -0.2) is 23.4 Å². The fourth-order valence-electron chi connectivity index (χ4n) is 1.53. The summed E-state index contributed by atoms with van der Waals surface area (Å²) >= 11 is 0. The molecule has 0 radical (unpaired) electrons. The van der Waals surface area contributed by atoms with Gasteiger partial charge >= 0.3 is 0 Å². The maximum absolute atomic E-state index is 9.39. The maximum atomic E-state index is 9.39. The second kappa shape index (κ2) is 4.07. The molecule has 0 amide bonds. The Morgan fingerprint density at radius 2 is 1.45 bits per heavy atom. The van der Waals surface area contributed by atoms with Crippen LogP contribution in [0, 0.1) is 0 Å². The first-order chi connectivity index (χ1) is 5.18. The molecule has 0 spiro atoms. The smallest absolute Gasteiger partial charge is 0.0551 e. The monoisotopic (exact) mass is 158 g/mol. The number of ether oxygens (including phenoxy) is 1. The first-order valence-electron chi connectivity index (χ1n) is 4.52. The molecule has 0 saturated carbocycles. The SMILES string of the molecule is CC1CCC(O)CCC(C)O1. The summed E-state index contributed by atoms with van der Waals surface area (Å²) in [6.45, 7) is 4.16. The maximum Gasteiger partial charge on any atom is 0.0551 e. The number of rotatable bonds is 0. The van der Waals surface area contributed by atoms with E-state index in [0.29, 0.717) is 12.2 Å². The van der Waals surface area contributed by atoms with E-state index in [1.165, 1.54) is 0 Å². The molecule has 1 fully saturated rings. The summed E-state index contributed by atoms with van der Waals surface area (Å²) < 4.78 is 5.63. The van der Waals surface area contributed by atoms with Gasteiger partial charge in [-0.05, 0) is 39.5 Å². The Morgan fingerprint density at radius 3 is 1.91 bits per heavy atom. The zero-order chi connectivity index (χ0) is 8.27. The lowest BCUT2D eigenvalue weighted by Gasteiger charge is -2.24. The van der Waals surface area contributed by atoms with E-state index >= 15 is 0 Å². The number of aliphatic hydroxyl groups is 1. The van der Waals surface area contributed by atoms with Crippen LogP contribution in [0.4, 0.5) is 0 Å². The predicted molar refractivity (Wildman–Crippen MR) is 44.5 cm³/mol. The van der Waals surface area contributed by atoms with Crippen molar-refractivity contribution in [1.82, 2.24) is 0 Å². The molecular formula is C9H18O2. The quantitative estimate of drug-likeness (QED) is 0.581. The van der Waals surface area contributed by atoms with Crippen LogP contribution in [0.3, 0.4) is 0 Å². The van der Waals surface area contributed by atoms with Gasteiger partial charge in [0, 0.05) is 0 Å². The summed E-state index contributed by atoms with van der Waals surface area (Å²) in [5.74, 6) is 0. The number of hydrogen-bond acceptors (Lipinski definition) is 2. The minimum atomic E-state index is -0.0937. The minimum absolute atomic E-state index is 0.0937. The van der Waals surface area contributed by atoms with Gasteiger partial charge < -0.3 is 9.84 Å². The van der Waals surface area contributed by atoms with Crippen molar-refractivity contribution in [2.75, 3.05) is 0 Å². The van der Waals surface area contributed by atoms with Gasteiger partial charge in [-0.1, -0.05) is 0 Å². The molecule has 1 rings (SSSR count). The average Bonchev–Trinajstić information content (AvgIpc) is 1.95. The molecule has 1 heterocycles. The van der Waals surface area contributed by atoms with Crippen LogP contribution in [0.15, 0.2) is 0 Å². The highest BCUT2D eigenvalue weighted by atomic mass is 16.5. The van der Waals surface area contributed by atoms with Crippen molar-refractivity contribution >= 4 is 0 Å². The molecular weight excluding hydrogens is 140 g/mol. The third-order valence-electron chi connectivity index (χ3n) is 2.28. The van der Waals surface area contributed by atoms with Gasteiger partial charge in [-0.2, -0.15) is 0 Å². The van der Waals surface area contributed by atoms with Crippen LogP contribution in [0.25, 0.3) is 0 Å². The van der Waals surface area contributed by atoms with E-state index in [9.17, 15) is 5.11 Å². The van der Waals surface area contributed by atoms with E-state index in [0.717, 1.165) is 25.7 Å². The fraction of sp³-hybridized carbons (Fsp3) is 1.00. The Morgan fingerprint density at radius 1 is 1.00 bits per heavy atom. The largest absolute Gasteiger partial charge is 0.393 e. The highest BCUT2D eigenvalue weighted by Gasteiger charge is 2.16. The lowest BCUT2D eigenvalue weighted by molar-refractivity contribution is -0.0289. The number of aliphatic hydroxyl groups excluding tert-OH is 1. The molecule has 11 heavy (non-hydrogen) atoms. The number of hydrogen-bond donors (Lipinski definition) is 1. The molecule has 2 unspecified atom stereocenters. The van der Waals surface area contributed by atoms with Crippen LogP contribution in [0.1, 0.15) is 39.5 Å². The molecule has 0 aromatic heterocycles. The van der Waals surface area contributed by atoms with Crippen molar-refractivity contribution in [3.63, 3.8) is 0 Å². The van der Waals surface area contributed by atoms with Crippen molar-refractivity contribution in [2.45, 2.75) is 57.8 Å². The normalized spacial score (nSPS) is 41.2. The van der Waals surface area contributed by atoms with Crippen LogP contribution >= 0.6 is 0 Å². The average molecular weight is 158 g/mol. The Kier molecular flexibility index (Phi) is 3.34. The summed E-state index contributed by atoms with van der Waals surface area (Å²) in [6, 6.07) is 0. The van der Waals surface area contributed by atoms with E-state index in [4.69, 9.17) is 4.74 Å². The van der Waals surface area contributed by atoms with E-state index in [-0.39, 0.29) is 6.10 Å². The lowest BCUT2D eigenvalue weighted by atomic mass is 10.0. The summed E-state index contributed by atoms with van der Waals surface area (Å²) in [5.41, 5.74) is 0. The molecule has 2 atom stereocenters. The standard InChI is InChI=1S/C9H18O2/c1-7-3-5-9(10)6-4-8(2)11-7/h7-10H,3-6H2,1-2H3. The molecule has 2 heteroatoms. The lowest BCUT2D eigenvalue weighted by Crippen LogP contribution is -2.24. The van der Waals surface area contributed by atoms with Crippen molar-refractivity contribution in [3.05, 3.63) is 0 Å². The van der Waals surface area contributed by atoms with E-state index < -0.39 is 0 Å². The molecule has 1 aliphatic heterocycles. The van der Waals surface area contributed by atoms with Gasteiger partial charge in [-0.3, -0.25) is 0 Å². The van der Waals surface area contributed by atoms with Crippen molar-refractivity contribution in [1.29, 1.82) is 0 Å². The van der Waals surface area contributed by atoms with E-state index in [1.807, 2.05) is 0 Å². The molecule has 0 aromatic carbocycles. The van der Waals surface area contributed by atoms with Crippen molar-refractivity contribution in [2.24, 2.45) is 0 Å². The van der Waals surface area contributed by atoms with Gasteiger partial charge in [0.2, 0.25) is 0 Å². The summed E-state index contributed by atoms with van der Waals surface area (Å²) in [4.78, 5) is 0. The van der Waals surface area contributed by atoms with Crippen LogP contribution in [0.2, 0.25) is 0 Å². The molecule has 1 aliphatic rings. The van der Waals surface area contributed by atoms with Gasteiger partial charge in [-0.15, -0.1) is 0 Å². The Labute approximate surface area is 68.6 Å². The Balaban J connectivity index is 2.34. The zero-order valence-electron chi connectivity index (χ0n) is 7.42. The highest BCUT2D eigenvalue weighted by Crippen LogP contribution is 2.17. The Bertz CT molecular complexity index is 102. The van der Waals surface area contributed by atoms with Crippen LogP contribution in [-0.2, 0) is 4.74 Å². The van der Waals surface area contributed by atoms with Gasteiger partial charge in [0.25, 0.3) is 0 Å². The topological polar surface area (TPSA) is 29.5 Å². The summed E-state index contributed by atoms with van der Waals surface area (Å²) in [6.07, 6.45) is 4.32. The molecule has 0 aliphatic carbocycles. The molecule has 0 aromatic rings. The highest BCUT2D eigenvalue weighted by molar-refractivity contribution is 4.66. The van der Waals surface area contributed by atoms with Crippen LogP contribution < -0.4 is 0 Å². The molecule has 1 saturated heterocycles. The fourth-order valence-corrected chi connectivity index (χ4v) is 1.53. The predicted octanol–water partition coefficient (Wildman–Crippen LogP) is 1.71. The van der Waals surface area contributed by atoms with E-state index in [2.05, 4.69) is 13.8 Å². The third kappa shape index (κ3) is 3.21. The summed E-state index contributed by atoms with van der Waals surface area (Å²) in [5, 5.41) is 9.39. The minimum Gasteiger partial charge on any atom is -0.393 e. The van der Waals surface area contributed by atoms with Gasteiger partial charge in [0.05, 0.1) is 18.3 Å². The first kappa shape index (κ1) is 9.01. The second-order valence-electron chi connectivity index (χ2n) is 3.57. The van der Waals surface area contributed by atoms with Gasteiger partial charge in [-0.25, -0.2) is 0 Å².